The average molecular weight is 276 g/mol. The van der Waals surface area contributed by atoms with Crippen LogP contribution in [0.15, 0.2) is 30.3 Å². The fourth-order valence-electron chi connectivity index (χ4n) is 1.51. The topological polar surface area (TPSA) is 88.4 Å². The van der Waals surface area contributed by atoms with Crippen molar-refractivity contribution in [2.45, 2.75) is 25.5 Å². The number of esters is 1. The Morgan fingerprint density at radius 2 is 2.05 bits per heavy atom. The van der Waals surface area contributed by atoms with Crippen molar-refractivity contribution >= 4 is 12.1 Å². The van der Waals surface area contributed by atoms with Crippen molar-refractivity contribution in [1.29, 1.82) is 5.26 Å². The molecule has 20 heavy (non-hydrogen) atoms. The maximum Gasteiger partial charge on any atom is 0.408 e. The van der Waals surface area contributed by atoms with E-state index < -0.39 is 18.1 Å². The molecular formula is C14H16N2O4. The number of benzene rings is 1. The lowest BCUT2D eigenvalue weighted by atomic mass is 10.2. The number of methoxy groups -OCH3 is 1. The quantitative estimate of drug-likeness (QED) is 0.800. The van der Waals surface area contributed by atoms with Gasteiger partial charge in [0.05, 0.1) is 13.2 Å². The van der Waals surface area contributed by atoms with Crippen molar-refractivity contribution in [2.24, 2.45) is 0 Å². The first-order valence-electron chi connectivity index (χ1n) is 6.09. The minimum atomic E-state index is -0.872. The second kappa shape index (κ2) is 8.53. The van der Waals surface area contributed by atoms with Gasteiger partial charge in [-0.25, -0.2) is 9.59 Å². The average Bonchev–Trinajstić information content (AvgIpc) is 2.49. The Hall–Kier alpha value is -2.55. The largest absolute Gasteiger partial charge is 0.467 e. The summed E-state index contributed by atoms with van der Waals surface area (Å²) in [6, 6.07) is 10.2. The first-order valence-corrected chi connectivity index (χ1v) is 6.09. The van der Waals surface area contributed by atoms with Crippen LogP contribution in [0, 0.1) is 11.3 Å². The highest BCUT2D eigenvalue weighted by Gasteiger charge is 2.21. The van der Waals surface area contributed by atoms with E-state index in [0.717, 1.165) is 5.56 Å². The number of hydrogen-bond acceptors (Lipinski definition) is 5. The van der Waals surface area contributed by atoms with Gasteiger partial charge in [-0.05, 0) is 12.0 Å². The van der Waals surface area contributed by atoms with Gasteiger partial charge in [-0.3, -0.25) is 0 Å². The summed E-state index contributed by atoms with van der Waals surface area (Å²) in [6.45, 7) is 0.110. The van der Waals surface area contributed by atoms with Crippen LogP contribution in [-0.2, 0) is 20.9 Å². The molecule has 0 aliphatic rings. The maximum absolute atomic E-state index is 11.6. The Bertz CT molecular complexity index is 482. The zero-order valence-electron chi connectivity index (χ0n) is 11.2. The summed E-state index contributed by atoms with van der Waals surface area (Å²) < 4.78 is 9.55. The van der Waals surface area contributed by atoms with E-state index in [1.54, 1.807) is 0 Å². The zero-order valence-corrected chi connectivity index (χ0v) is 11.2. The third kappa shape index (κ3) is 5.40. The number of nitriles is 1. The SMILES string of the molecule is COC(=O)C(CCC#N)NC(=O)OCc1ccccc1. The Morgan fingerprint density at radius 1 is 1.35 bits per heavy atom. The Balaban J connectivity index is 2.45. The Morgan fingerprint density at radius 3 is 2.65 bits per heavy atom. The van der Waals surface area contributed by atoms with Crippen molar-refractivity contribution in [1.82, 2.24) is 5.32 Å². The number of hydrogen-bond donors (Lipinski definition) is 1. The third-order valence-electron chi connectivity index (χ3n) is 2.54. The number of rotatable bonds is 6. The predicted molar refractivity (Wildman–Crippen MR) is 70.4 cm³/mol. The van der Waals surface area contributed by atoms with Crippen LogP contribution in [0.25, 0.3) is 0 Å². The van der Waals surface area contributed by atoms with E-state index in [0.29, 0.717) is 0 Å². The minimum Gasteiger partial charge on any atom is -0.467 e. The molecule has 6 nitrogen and oxygen atoms in total. The van der Waals surface area contributed by atoms with Gasteiger partial charge in [0.1, 0.15) is 12.6 Å². The van der Waals surface area contributed by atoms with E-state index in [1.807, 2.05) is 36.4 Å². The Labute approximate surface area is 117 Å². The predicted octanol–water partition coefficient (Wildman–Crippen LogP) is 1.76. The van der Waals surface area contributed by atoms with E-state index in [2.05, 4.69) is 10.1 Å². The van der Waals surface area contributed by atoms with Gasteiger partial charge >= 0.3 is 12.1 Å². The summed E-state index contributed by atoms with van der Waals surface area (Å²) in [4.78, 5) is 23.0. The molecule has 1 atom stereocenters. The molecule has 0 saturated heterocycles. The van der Waals surface area contributed by atoms with Gasteiger partial charge in [-0.1, -0.05) is 30.3 Å². The van der Waals surface area contributed by atoms with Gasteiger partial charge in [0.15, 0.2) is 0 Å². The van der Waals surface area contributed by atoms with E-state index in [-0.39, 0.29) is 19.4 Å². The molecule has 1 amide bonds. The van der Waals surface area contributed by atoms with Crippen molar-refractivity contribution in [2.75, 3.05) is 7.11 Å². The molecular weight excluding hydrogens is 260 g/mol. The zero-order chi connectivity index (χ0) is 14.8. The van der Waals surface area contributed by atoms with Gasteiger partial charge in [0, 0.05) is 6.42 Å². The van der Waals surface area contributed by atoms with Crippen LogP contribution in [0.5, 0.6) is 0 Å². The summed E-state index contributed by atoms with van der Waals surface area (Å²) in [7, 11) is 1.22. The highest BCUT2D eigenvalue weighted by molar-refractivity contribution is 5.81. The van der Waals surface area contributed by atoms with Crippen molar-refractivity contribution in [3.8, 4) is 6.07 Å². The number of nitrogens with one attached hydrogen (secondary N) is 1. The van der Waals surface area contributed by atoms with E-state index in [9.17, 15) is 9.59 Å². The molecule has 1 unspecified atom stereocenters. The second-order valence-corrected chi connectivity index (χ2v) is 3.98. The second-order valence-electron chi connectivity index (χ2n) is 3.98. The standard InChI is InChI=1S/C14H16N2O4/c1-19-13(17)12(8-5-9-15)16-14(18)20-10-11-6-3-2-4-7-11/h2-4,6-7,12H,5,8,10H2,1H3,(H,16,18). The molecule has 0 aromatic heterocycles. The minimum absolute atomic E-state index is 0.110. The highest BCUT2D eigenvalue weighted by Crippen LogP contribution is 2.03. The van der Waals surface area contributed by atoms with Gasteiger partial charge < -0.3 is 14.8 Å². The van der Waals surface area contributed by atoms with E-state index >= 15 is 0 Å². The van der Waals surface area contributed by atoms with Crippen LogP contribution < -0.4 is 5.32 Å². The van der Waals surface area contributed by atoms with Crippen LogP contribution in [-0.4, -0.2) is 25.2 Å². The smallest absolute Gasteiger partial charge is 0.408 e. The summed E-state index contributed by atoms with van der Waals surface area (Å²) >= 11 is 0. The van der Waals surface area contributed by atoms with Crippen LogP contribution in [0.2, 0.25) is 0 Å². The van der Waals surface area contributed by atoms with Gasteiger partial charge in [-0.15, -0.1) is 0 Å². The van der Waals surface area contributed by atoms with Gasteiger partial charge in [0.25, 0.3) is 0 Å². The molecule has 0 aliphatic carbocycles. The molecule has 0 radical (unpaired) electrons. The molecule has 0 fully saturated rings. The molecule has 1 aromatic carbocycles. The first-order chi connectivity index (χ1) is 9.67. The van der Waals surface area contributed by atoms with Crippen LogP contribution in [0.4, 0.5) is 4.79 Å². The van der Waals surface area contributed by atoms with Gasteiger partial charge in [0.2, 0.25) is 0 Å². The lowest BCUT2D eigenvalue weighted by Crippen LogP contribution is -2.41. The molecule has 0 aliphatic heterocycles. The highest BCUT2D eigenvalue weighted by atomic mass is 16.6. The van der Waals surface area contributed by atoms with Crippen molar-refractivity contribution in [3.63, 3.8) is 0 Å². The molecule has 0 saturated carbocycles. The fourth-order valence-corrected chi connectivity index (χ4v) is 1.51. The van der Waals surface area contributed by atoms with Crippen molar-refractivity contribution < 1.29 is 19.1 Å². The number of carbonyl (C=O) groups is 2. The normalized spacial score (nSPS) is 11.0. The third-order valence-corrected chi connectivity index (χ3v) is 2.54. The van der Waals surface area contributed by atoms with Gasteiger partial charge in [-0.2, -0.15) is 5.26 Å². The number of carbonyl (C=O) groups excluding carboxylic acids is 2. The summed E-state index contributed by atoms with van der Waals surface area (Å²) in [5.74, 6) is -0.600. The number of amides is 1. The van der Waals surface area contributed by atoms with Crippen LogP contribution in [0.1, 0.15) is 18.4 Å². The first kappa shape index (κ1) is 15.5. The van der Waals surface area contributed by atoms with Crippen LogP contribution in [0.3, 0.4) is 0 Å². The Kier molecular flexibility index (Phi) is 6.62. The molecule has 6 heteroatoms. The molecule has 1 aromatic rings. The summed E-state index contributed by atoms with van der Waals surface area (Å²) in [6.07, 6.45) is -0.398. The molecule has 0 heterocycles. The van der Waals surface area contributed by atoms with Crippen molar-refractivity contribution in [3.05, 3.63) is 35.9 Å². The molecule has 1 N–H and O–H groups in total. The number of alkyl carbamates (subject to hydrolysis) is 1. The number of nitrogens with zero attached hydrogens (tertiary/aromatic N) is 1. The van der Waals surface area contributed by atoms with E-state index in [1.165, 1.54) is 7.11 Å². The summed E-state index contributed by atoms with van der Waals surface area (Å²) in [5, 5.41) is 10.9. The lowest BCUT2D eigenvalue weighted by molar-refractivity contribution is -0.143. The van der Waals surface area contributed by atoms with E-state index in [4.69, 9.17) is 10.00 Å². The molecule has 0 bridgehead atoms. The number of ether oxygens (including phenoxy) is 2. The fraction of sp³-hybridized carbons (Fsp3) is 0.357. The molecule has 106 valence electrons. The monoisotopic (exact) mass is 276 g/mol. The lowest BCUT2D eigenvalue weighted by Gasteiger charge is -2.15. The molecule has 1 rings (SSSR count). The maximum atomic E-state index is 11.6. The van der Waals surface area contributed by atoms with Crippen LogP contribution >= 0.6 is 0 Å². The molecule has 0 spiro atoms. The summed E-state index contributed by atoms with van der Waals surface area (Å²) in [5.41, 5.74) is 0.842.